The van der Waals surface area contributed by atoms with Crippen molar-refractivity contribution in [2.24, 2.45) is 0 Å². The highest BCUT2D eigenvalue weighted by Crippen LogP contribution is 2.28. The molecule has 2 unspecified atom stereocenters. The lowest BCUT2D eigenvalue weighted by molar-refractivity contribution is -0.0506. The van der Waals surface area contributed by atoms with E-state index in [1.165, 1.54) is 0 Å². The molecule has 2 atom stereocenters. The molecule has 0 spiro atoms. The van der Waals surface area contributed by atoms with Crippen molar-refractivity contribution in [1.29, 1.82) is 0 Å². The van der Waals surface area contributed by atoms with E-state index in [1.807, 2.05) is 26.0 Å². The number of pyridine rings is 1. The second kappa shape index (κ2) is 7.13. The van der Waals surface area contributed by atoms with Gasteiger partial charge in [0.05, 0.1) is 0 Å². The highest BCUT2D eigenvalue weighted by atomic mass is 19.3. The van der Waals surface area contributed by atoms with Gasteiger partial charge in [-0.1, -0.05) is 24.3 Å². The third-order valence-electron chi connectivity index (χ3n) is 3.29. The molecule has 1 N–H and O–H groups in total. The Morgan fingerprint density at radius 2 is 1.81 bits per heavy atom. The van der Waals surface area contributed by atoms with Gasteiger partial charge < -0.3 is 10.1 Å². The number of ether oxygens (including phenoxy) is 1. The molecule has 3 nitrogen and oxygen atoms in total. The molecule has 112 valence electrons. The highest BCUT2D eigenvalue weighted by Gasteiger charge is 2.16. The van der Waals surface area contributed by atoms with Crippen LogP contribution in [0.3, 0.4) is 0 Å². The lowest BCUT2D eigenvalue weighted by atomic mass is 10.0. The van der Waals surface area contributed by atoms with Crippen molar-refractivity contribution in [3.8, 4) is 5.75 Å². The molecule has 1 aromatic carbocycles. The normalized spacial score (nSPS) is 14.0. The Morgan fingerprint density at radius 3 is 2.48 bits per heavy atom. The fourth-order valence-electron chi connectivity index (χ4n) is 2.23. The fraction of sp³-hybridized carbons (Fsp3) is 0.312. The molecule has 5 heteroatoms. The Kier molecular flexibility index (Phi) is 5.22. The van der Waals surface area contributed by atoms with Crippen LogP contribution in [0.2, 0.25) is 0 Å². The number of nitrogens with one attached hydrogen (secondary N) is 1. The van der Waals surface area contributed by atoms with Gasteiger partial charge in [-0.05, 0) is 31.5 Å². The lowest BCUT2D eigenvalue weighted by Crippen LogP contribution is -2.23. The number of halogens is 2. The van der Waals surface area contributed by atoms with Crippen molar-refractivity contribution in [3.05, 3.63) is 59.9 Å². The number of nitrogens with zero attached hydrogens (tertiary/aromatic N) is 1. The Bertz CT molecular complexity index is 563. The minimum atomic E-state index is -2.82. The topological polar surface area (TPSA) is 34.1 Å². The molecule has 2 rings (SSSR count). The van der Waals surface area contributed by atoms with Gasteiger partial charge in [-0.15, -0.1) is 0 Å². The Hall–Kier alpha value is -2.01. The van der Waals surface area contributed by atoms with Crippen LogP contribution in [-0.4, -0.2) is 11.6 Å². The predicted octanol–water partition coefficient (Wildman–Crippen LogP) is 4.09. The van der Waals surface area contributed by atoms with Crippen molar-refractivity contribution in [2.75, 3.05) is 0 Å². The van der Waals surface area contributed by atoms with Crippen molar-refractivity contribution in [3.63, 3.8) is 0 Å². The minimum Gasteiger partial charge on any atom is -0.434 e. The second-order valence-electron chi connectivity index (χ2n) is 4.81. The lowest BCUT2D eigenvalue weighted by Gasteiger charge is -2.22. The molecule has 0 fully saturated rings. The maximum atomic E-state index is 12.4. The van der Waals surface area contributed by atoms with Crippen LogP contribution in [0.1, 0.15) is 37.1 Å². The van der Waals surface area contributed by atoms with E-state index in [1.54, 1.807) is 36.7 Å². The summed E-state index contributed by atoms with van der Waals surface area (Å²) in [6.45, 7) is 1.10. The summed E-state index contributed by atoms with van der Waals surface area (Å²) in [6.07, 6.45) is 3.50. The summed E-state index contributed by atoms with van der Waals surface area (Å²) < 4.78 is 29.4. The van der Waals surface area contributed by atoms with Crippen LogP contribution in [-0.2, 0) is 0 Å². The average Bonchev–Trinajstić information content (AvgIpc) is 2.48. The summed E-state index contributed by atoms with van der Waals surface area (Å²) in [6, 6.07) is 10.6. The van der Waals surface area contributed by atoms with Gasteiger partial charge in [0.25, 0.3) is 0 Å². The van der Waals surface area contributed by atoms with Crippen LogP contribution in [0.5, 0.6) is 5.75 Å². The van der Waals surface area contributed by atoms with E-state index in [2.05, 4.69) is 15.0 Å². The van der Waals surface area contributed by atoms with Crippen molar-refractivity contribution < 1.29 is 13.5 Å². The van der Waals surface area contributed by atoms with Gasteiger partial charge in [-0.25, -0.2) is 0 Å². The summed E-state index contributed by atoms with van der Waals surface area (Å²) in [5.41, 5.74) is 1.74. The zero-order valence-corrected chi connectivity index (χ0v) is 12.0. The van der Waals surface area contributed by atoms with E-state index in [0.717, 1.165) is 5.56 Å². The Balaban J connectivity index is 2.11. The van der Waals surface area contributed by atoms with Crippen molar-refractivity contribution in [1.82, 2.24) is 10.3 Å². The van der Waals surface area contributed by atoms with Crippen LogP contribution in [0.4, 0.5) is 8.78 Å². The average molecular weight is 292 g/mol. The van der Waals surface area contributed by atoms with Crippen molar-refractivity contribution >= 4 is 0 Å². The van der Waals surface area contributed by atoms with Crippen LogP contribution in [0.15, 0.2) is 48.8 Å². The zero-order valence-electron chi connectivity index (χ0n) is 12.0. The number of alkyl halides is 2. The second-order valence-corrected chi connectivity index (χ2v) is 4.81. The number of para-hydroxylation sites is 1. The molecular formula is C16H18F2N2O. The Labute approximate surface area is 123 Å². The summed E-state index contributed by atoms with van der Waals surface area (Å²) in [4.78, 5) is 4.08. The van der Waals surface area contributed by atoms with Gasteiger partial charge in [0, 0.05) is 30.0 Å². The molecular weight excluding hydrogens is 274 g/mol. The van der Waals surface area contributed by atoms with Gasteiger partial charge in [-0.3, -0.25) is 4.98 Å². The first-order chi connectivity index (χ1) is 10.1. The first kappa shape index (κ1) is 15.4. The van der Waals surface area contributed by atoms with Crippen LogP contribution in [0.25, 0.3) is 0 Å². The van der Waals surface area contributed by atoms with Crippen LogP contribution >= 0.6 is 0 Å². The molecule has 0 amide bonds. The molecule has 2 aromatic rings. The molecule has 0 radical (unpaired) electrons. The van der Waals surface area contributed by atoms with E-state index in [9.17, 15) is 8.78 Å². The standard InChI is InChI=1S/C16H18F2N2O/c1-11(13-6-5-9-19-10-13)20-12(2)14-7-3-4-8-15(14)21-16(17)18/h3-12,16,20H,1-2H3. The fourth-order valence-corrected chi connectivity index (χ4v) is 2.23. The van der Waals surface area contributed by atoms with Crippen molar-refractivity contribution in [2.45, 2.75) is 32.5 Å². The smallest absolute Gasteiger partial charge is 0.387 e. The van der Waals surface area contributed by atoms with Gasteiger partial charge in [-0.2, -0.15) is 8.78 Å². The molecule has 0 aliphatic carbocycles. The number of rotatable bonds is 6. The summed E-state index contributed by atoms with van der Waals surface area (Å²) in [5.74, 6) is 0.200. The number of benzene rings is 1. The molecule has 0 saturated heterocycles. The summed E-state index contributed by atoms with van der Waals surface area (Å²) in [5, 5.41) is 3.36. The van der Waals surface area contributed by atoms with Gasteiger partial charge in [0.2, 0.25) is 0 Å². The highest BCUT2D eigenvalue weighted by molar-refractivity contribution is 5.36. The molecule has 0 saturated carbocycles. The summed E-state index contributed by atoms with van der Waals surface area (Å²) >= 11 is 0. The molecule has 0 aliphatic heterocycles. The summed E-state index contributed by atoms with van der Waals surface area (Å²) in [7, 11) is 0. The van der Waals surface area contributed by atoms with E-state index in [4.69, 9.17) is 0 Å². The SMILES string of the molecule is CC(NC(C)c1ccccc1OC(F)F)c1cccnc1. The largest absolute Gasteiger partial charge is 0.434 e. The minimum absolute atomic E-state index is 0.0494. The first-order valence-corrected chi connectivity index (χ1v) is 6.77. The quantitative estimate of drug-likeness (QED) is 0.870. The van der Waals surface area contributed by atoms with E-state index in [0.29, 0.717) is 5.56 Å². The Morgan fingerprint density at radius 1 is 1.05 bits per heavy atom. The molecule has 21 heavy (non-hydrogen) atoms. The molecule has 0 aliphatic rings. The predicted molar refractivity (Wildman–Crippen MR) is 77.3 cm³/mol. The van der Waals surface area contributed by atoms with Gasteiger partial charge in [0.1, 0.15) is 5.75 Å². The molecule has 1 heterocycles. The number of aromatic nitrogens is 1. The zero-order chi connectivity index (χ0) is 15.2. The van der Waals surface area contributed by atoms with E-state index in [-0.39, 0.29) is 17.8 Å². The van der Waals surface area contributed by atoms with E-state index >= 15 is 0 Å². The third kappa shape index (κ3) is 4.23. The van der Waals surface area contributed by atoms with Crippen LogP contribution in [0, 0.1) is 0 Å². The molecule has 1 aromatic heterocycles. The monoisotopic (exact) mass is 292 g/mol. The van der Waals surface area contributed by atoms with Gasteiger partial charge in [0.15, 0.2) is 0 Å². The maximum absolute atomic E-state index is 12.4. The first-order valence-electron chi connectivity index (χ1n) is 6.77. The van der Waals surface area contributed by atoms with Crippen LogP contribution < -0.4 is 10.1 Å². The van der Waals surface area contributed by atoms with E-state index < -0.39 is 6.61 Å². The van der Waals surface area contributed by atoms with Gasteiger partial charge >= 0.3 is 6.61 Å². The number of hydrogen-bond acceptors (Lipinski definition) is 3. The maximum Gasteiger partial charge on any atom is 0.387 e. The number of hydrogen-bond donors (Lipinski definition) is 1. The molecule has 0 bridgehead atoms. The third-order valence-corrected chi connectivity index (χ3v) is 3.29.